The van der Waals surface area contributed by atoms with Gasteiger partial charge in [-0.1, -0.05) is 11.6 Å². The van der Waals surface area contributed by atoms with Crippen LogP contribution in [0.5, 0.6) is 0 Å². The van der Waals surface area contributed by atoms with Crippen molar-refractivity contribution in [3.05, 3.63) is 69.2 Å². The predicted molar refractivity (Wildman–Crippen MR) is 125 cm³/mol. The molecular formula is C22H17ClFN9O. The van der Waals surface area contributed by atoms with Gasteiger partial charge in [0.15, 0.2) is 5.82 Å². The monoisotopic (exact) mass is 477 g/mol. The van der Waals surface area contributed by atoms with Gasteiger partial charge >= 0.3 is 0 Å². The number of halogens is 2. The number of nitrogens with two attached hydrogens (primary N) is 2. The lowest BCUT2D eigenvalue weighted by Crippen LogP contribution is -2.30. The molecule has 1 aliphatic carbocycles. The number of pyridine rings is 1. The number of rotatable bonds is 5. The molecule has 5 rings (SSSR count). The molecule has 5 N–H and O–H groups in total. The van der Waals surface area contributed by atoms with Gasteiger partial charge in [0.1, 0.15) is 34.6 Å². The molecule has 0 bridgehead atoms. The molecule has 0 amide bonds. The Kier molecular flexibility index (Phi) is 5.22. The van der Waals surface area contributed by atoms with Crippen LogP contribution in [0.2, 0.25) is 5.02 Å². The van der Waals surface area contributed by atoms with E-state index in [1.54, 1.807) is 18.3 Å². The van der Waals surface area contributed by atoms with Crippen LogP contribution in [0, 0.1) is 23.1 Å². The molecule has 34 heavy (non-hydrogen) atoms. The van der Waals surface area contributed by atoms with E-state index in [9.17, 15) is 14.4 Å². The zero-order chi connectivity index (χ0) is 24.0. The smallest absolute Gasteiger partial charge is 0.267 e. The first-order chi connectivity index (χ1) is 16.4. The Hall–Kier alpha value is -4.30. The zero-order valence-electron chi connectivity index (χ0n) is 17.5. The van der Waals surface area contributed by atoms with Crippen LogP contribution in [0.15, 0.2) is 41.5 Å². The van der Waals surface area contributed by atoms with Gasteiger partial charge in [0.2, 0.25) is 5.95 Å². The number of fused-ring (bicyclic) bond motifs is 1. The lowest BCUT2D eigenvalue weighted by atomic mass is 10.1. The summed E-state index contributed by atoms with van der Waals surface area (Å²) in [5, 5.41) is 12.8. The maximum absolute atomic E-state index is 14.8. The van der Waals surface area contributed by atoms with Gasteiger partial charge < -0.3 is 16.8 Å². The van der Waals surface area contributed by atoms with Crippen molar-refractivity contribution in [1.29, 1.82) is 5.26 Å². The van der Waals surface area contributed by atoms with Gasteiger partial charge in [0, 0.05) is 6.20 Å². The molecule has 10 nitrogen and oxygen atoms in total. The average Bonchev–Trinajstić information content (AvgIpc) is 3.65. The molecule has 1 fully saturated rings. The van der Waals surface area contributed by atoms with Crippen molar-refractivity contribution in [2.75, 3.05) is 16.8 Å². The predicted octanol–water partition coefficient (Wildman–Crippen LogP) is 2.96. The Morgan fingerprint density at radius 3 is 2.71 bits per heavy atom. The Labute approximate surface area is 197 Å². The first-order valence-electron chi connectivity index (χ1n) is 10.3. The summed E-state index contributed by atoms with van der Waals surface area (Å²) in [7, 11) is 0. The molecule has 1 atom stereocenters. The van der Waals surface area contributed by atoms with Gasteiger partial charge in [-0.3, -0.25) is 14.3 Å². The number of hydrogen-bond donors (Lipinski definition) is 3. The van der Waals surface area contributed by atoms with E-state index in [1.807, 2.05) is 6.07 Å². The fourth-order valence-electron chi connectivity index (χ4n) is 3.86. The molecule has 1 saturated carbocycles. The maximum atomic E-state index is 14.8. The third-order valence-corrected chi connectivity index (χ3v) is 5.90. The van der Waals surface area contributed by atoms with Gasteiger partial charge in [0.25, 0.3) is 5.56 Å². The van der Waals surface area contributed by atoms with Crippen LogP contribution in [-0.2, 0) is 0 Å². The summed E-state index contributed by atoms with van der Waals surface area (Å²) in [6.07, 6.45) is 4.69. The number of aromatic nitrogens is 5. The van der Waals surface area contributed by atoms with E-state index in [2.05, 4.69) is 25.3 Å². The second-order valence-corrected chi connectivity index (χ2v) is 8.24. The molecule has 0 saturated heterocycles. The fraction of sp³-hybridized carbons (Fsp3) is 0.182. The van der Waals surface area contributed by atoms with Gasteiger partial charge in [-0.25, -0.2) is 9.37 Å². The van der Waals surface area contributed by atoms with Crippen molar-refractivity contribution in [3.8, 4) is 11.8 Å². The Balaban J connectivity index is 1.79. The van der Waals surface area contributed by atoms with Crippen molar-refractivity contribution in [2.24, 2.45) is 5.92 Å². The number of nitriles is 1. The quantitative estimate of drug-likeness (QED) is 0.392. The molecule has 170 valence electrons. The zero-order valence-corrected chi connectivity index (χ0v) is 18.3. The molecule has 4 aromatic rings. The molecule has 1 aliphatic rings. The number of hydrogen-bond acceptors (Lipinski definition) is 9. The second kappa shape index (κ2) is 8.24. The lowest BCUT2D eigenvalue weighted by molar-refractivity contribution is 0.600. The molecule has 0 spiro atoms. The van der Waals surface area contributed by atoms with Crippen molar-refractivity contribution in [2.45, 2.75) is 18.9 Å². The molecule has 0 aliphatic heterocycles. The molecule has 3 aromatic heterocycles. The highest BCUT2D eigenvalue weighted by atomic mass is 35.5. The third kappa shape index (κ3) is 3.64. The van der Waals surface area contributed by atoms with E-state index in [4.69, 9.17) is 23.1 Å². The van der Waals surface area contributed by atoms with E-state index in [0.717, 1.165) is 18.9 Å². The SMILES string of the molecule is N#Cc1c(N)nc(N)nc1N[C@H](c1nc2c(F)ccc(Cl)c2c(=O)n1-c1cccnc1)C1CC1. The highest BCUT2D eigenvalue weighted by Crippen LogP contribution is 2.43. The average molecular weight is 478 g/mol. The van der Waals surface area contributed by atoms with E-state index >= 15 is 0 Å². The largest absolute Gasteiger partial charge is 0.382 e. The highest BCUT2D eigenvalue weighted by Gasteiger charge is 2.37. The third-order valence-electron chi connectivity index (χ3n) is 5.58. The summed E-state index contributed by atoms with van der Waals surface area (Å²) in [6, 6.07) is 7.17. The van der Waals surface area contributed by atoms with E-state index in [1.165, 1.54) is 16.8 Å². The van der Waals surface area contributed by atoms with Crippen LogP contribution >= 0.6 is 11.6 Å². The summed E-state index contributed by atoms with van der Waals surface area (Å²) in [6.45, 7) is 0. The van der Waals surface area contributed by atoms with Gasteiger partial charge in [-0.2, -0.15) is 15.2 Å². The van der Waals surface area contributed by atoms with Crippen LogP contribution in [0.1, 0.15) is 30.3 Å². The number of benzene rings is 1. The van der Waals surface area contributed by atoms with Crippen molar-refractivity contribution < 1.29 is 4.39 Å². The Bertz CT molecular complexity index is 1530. The summed E-state index contributed by atoms with van der Waals surface area (Å²) < 4.78 is 16.1. The molecule has 3 heterocycles. The highest BCUT2D eigenvalue weighted by molar-refractivity contribution is 6.35. The molecule has 0 radical (unpaired) electrons. The molecule has 1 aromatic carbocycles. The standard InChI is InChI=1S/C22H17ClFN9O/c23-13-5-6-14(24)17-15(13)21(34)33(11-2-1-7-28-9-11)20(30-17)16(10-3-4-10)29-19-12(8-25)18(26)31-22(27)32-19/h1-2,5-7,9-10,16H,3-4H2,(H5,26,27,29,31,32)/t16-/m0/s1. The Morgan fingerprint density at radius 2 is 2.03 bits per heavy atom. The van der Waals surface area contributed by atoms with Gasteiger partial charge in [-0.15, -0.1) is 0 Å². The van der Waals surface area contributed by atoms with E-state index in [0.29, 0.717) is 5.69 Å². The molecule has 12 heteroatoms. The van der Waals surface area contributed by atoms with Crippen molar-refractivity contribution in [1.82, 2.24) is 24.5 Å². The van der Waals surface area contributed by atoms with E-state index in [-0.39, 0.29) is 50.8 Å². The number of nitrogens with one attached hydrogen (secondary N) is 1. The summed E-state index contributed by atoms with van der Waals surface area (Å²) in [5.74, 6) is -0.544. The minimum atomic E-state index is -0.682. The van der Waals surface area contributed by atoms with Crippen LogP contribution < -0.4 is 22.3 Å². The summed E-state index contributed by atoms with van der Waals surface area (Å²) >= 11 is 6.27. The summed E-state index contributed by atoms with van der Waals surface area (Å²) in [5.41, 5.74) is 11.3. The fourth-order valence-corrected chi connectivity index (χ4v) is 4.09. The van der Waals surface area contributed by atoms with Crippen molar-refractivity contribution >= 4 is 40.1 Å². The molecule has 0 unspecified atom stereocenters. The van der Waals surface area contributed by atoms with Crippen molar-refractivity contribution in [3.63, 3.8) is 0 Å². The number of nitrogens with zero attached hydrogens (tertiary/aromatic N) is 6. The first-order valence-corrected chi connectivity index (χ1v) is 10.7. The lowest BCUT2D eigenvalue weighted by Gasteiger charge is -2.23. The van der Waals surface area contributed by atoms with Crippen LogP contribution in [0.4, 0.5) is 22.0 Å². The molecular weight excluding hydrogens is 461 g/mol. The van der Waals surface area contributed by atoms with Crippen LogP contribution in [0.3, 0.4) is 0 Å². The maximum Gasteiger partial charge on any atom is 0.267 e. The summed E-state index contributed by atoms with van der Waals surface area (Å²) in [4.78, 5) is 30.3. The Morgan fingerprint density at radius 1 is 1.24 bits per heavy atom. The number of nitrogen functional groups attached to an aromatic ring is 2. The number of anilines is 3. The van der Waals surface area contributed by atoms with Crippen LogP contribution in [-0.4, -0.2) is 24.5 Å². The van der Waals surface area contributed by atoms with Gasteiger partial charge in [-0.05, 0) is 43.0 Å². The van der Waals surface area contributed by atoms with Crippen LogP contribution in [0.25, 0.3) is 16.6 Å². The minimum Gasteiger partial charge on any atom is -0.382 e. The first kappa shape index (κ1) is 21.5. The van der Waals surface area contributed by atoms with Gasteiger partial charge in [0.05, 0.1) is 28.3 Å². The second-order valence-electron chi connectivity index (χ2n) is 7.84. The van der Waals surface area contributed by atoms with E-state index < -0.39 is 17.4 Å². The topological polar surface area (TPSA) is 161 Å². The minimum absolute atomic E-state index is 0.00476. The normalized spacial score (nSPS) is 14.0.